The predicted molar refractivity (Wildman–Crippen MR) is 109 cm³/mol. The number of aryl methyl sites for hydroxylation is 1. The van der Waals surface area contributed by atoms with E-state index in [1.165, 1.54) is 25.5 Å². The first-order valence-corrected chi connectivity index (χ1v) is 10.1. The minimum absolute atomic E-state index is 0.120. The molecule has 5 rings (SSSR count). The van der Waals surface area contributed by atoms with Crippen LogP contribution in [0.5, 0.6) is 5.75 Å². The number of hydrogen-bond acceptors (Lipinski definition) is 6. The van der Waals surface area contributed by atoms with E-state index in [9.17, 15) is 5.11 Å². The lowest BCUT2D eigenvalue weighted by molar-refractivity contribution is 0.207. The third-order valence-corrected chi connectivity index (χ3v) is 6.27. The summed E-state index contributed by atoms with van der Waals surface area (Å²) >= 11 is 6.03. The van der Waals surface area contributed by atoms with E-state index in [4.69, 9.17) is 16.6 Å². The van der Waals surface area contributed by atoms with Crippen molar-refractivity contribution in [2.75, 3.05) is 31.6 Å². The van der Waals surface area contributed by atoms with Crippen LogP contribution >= 0.6 is 11.6 Å². The zero-order valence-corrected chi connectivity index (χ0v) is 16.8. The Morgan fingerprint density at radius 2 is 2.00 bits per heavy atom. The largest absolute Gasteiger partial charge is 0.507 e. The van der Waals surface area contributed by atoms with Crippen LogP contribution in [0.15, 0.2) is 24.4 Å². The predicted octanol–water partition coefficient (Wildman–Crippen LogP) is 2.99. The van der Waals surface area contributed by atoms with Gasteiger partial charge in [0.2, 0.25) is 5.95 Å². The second kappa shape index (κ2) is 6.60. The average molecular weight is 399 g/mol. The first kappa shape index (κ1) is 17.7. The van der Waals surface area contributed by atoms with Crippen molar-refractivity contribution in [3.8, 4) is 17.0 Å². The molecule has 2 atom stereocenters. The van der Waals surface area contributed by atoms with Crippen LogP contribution in [0.2, 0.25) is 5.02 Å². The summed E-state index contributed by atoms with van der Waals surface area (Å²) in [7, 11) is 2.18. The molecule has 1 N–H and O–H groups in total. The Kier molecular flexibility index (Phi) is 4.17. The molecule has 0 bridgehead atoms. The maximum Gasteiger partial charge on any atom is 0.254 e. The molecule has 2 saturated heterocycles. The van der Waals surface area contributed by atoms with Gasteiger partial charge < -0.3 is 14.9 Å². The molecule has 2 aliphatic rings. The summed E-state index contributed by atoms with van der Waals surface area (Å²) in [5.74, 6) is 2.12. The number of likely N-dealkylation sites (N-methyl/N-ethyl adjacent to an activating group) is 1. The van der Waals surface area contributed by atoms with Crippen molar-refractivity contribution in [1.82, 2.24) is 24.5 Å². The van der Waals surface area contributed by atoms with E-state index >= 15 is 0 Å². The highest BCUT2D eigenvalue weighted by Gasteiger charge is 2.39. The highest BCUT2D eigenvalue weighted by Crippen LogP contribution is 2.35. The van der Waals surface area contributed by atoms with Crippen LogP contribution in [0.3, 0.4) is 0 Å². The molecule has 0 radical (unpaired) electrons. The van der Waals surface area contributed by atoms with Gasteiger partial charge in [-0.1, -0.05) is 11.6 Å². The first-order chi connectivity index (χ1) is 13.5. The van der Waals surface area contributed by atoms with Gasteiger partial charge in [0.25, 0.3) is 5.78 Å². The summed E-state index contributed by atoms with van der Waals surface area (Å²) in [4.78, 5) is 14.1. The molecule has 8 heteroatoms. The lowest BCUT2D eigenvalue weighted by Crippen LogP contribution is -2.47. The molecule has 3 aromatic rings. The molecular formula is C20H23ClN6O. The number of benzene rings is 1. The summed E-state index contributed by atoms with van der Waals surface area (Å²) in [6.07, 6.45) is 4.29. The number of nitrogens with zero attached hydrogens (tertiary/aromatic N) is 6. The number of rotatable bonds is 2. The maximum absolute atomic E-state index is 10.3. The first-order valence-electron chi connectivity index (χ1n) is 9.67. The topological polar surface area (TPSA) is 69.8 Å². The smallest absolute Gasteiger partial charge is 0.254 e. The Hall–Kier alpha value is -2.38. The van der Waals surface area contributed by atoms with Gasteiger partial charge in [0.05, 0.1) is 5.69 Å². The Labute approximate surface area is 168 Å². The number of hydrogen-bond donors (Lipinski definition) is 1. The molecule has 0 spiro atoms. The van der Waals surface area contributed by atoms with Gasteiger partial charge in [0.1, 0.15) is 5.75 Å². The third kappa shape index (κ3) is 2.89. The summed E-state index contributed by atoms with van der Waals surface area (Å²) in [5, 5.41) is 15.5. The van der Waals surface area contributed by atoms with Crippen LogP contribution in [-0.2, 0) is 0 Å². The second-order valence-corrected chi connectivity index (χ2v) is 8.38. The Morgan fingerprint density at radius 1 is 1.18 bits per heavy atom. The van der Waals surface area contributed by atoms with Gasteiger partial charge in [0, 0.05) is 35.9 Å². The maximum atomic E-state index is 10.3. The Bertz CT molecular complexity index is 1030. The van der Waals surface area contributed by atoms with E-state index in [0.29, 0.717) is 28.1 Å². The highest BCUT2D eigenvalue weighted by atomic mass is 35.5. The van der Waals surface area contributed by atoms with Crippen molar-refractivity contribution in [2.24, 2.45) is 5.92 Å². The van der Waals surface area contributed by atoms with Gasteiger partial charge in [-0.05, 0) is 63.0 Å². The molecule has 28 heavy (non-hydrogen) atoms. The average Bonchev–Trinajstić information content (AvgIpc) is 3.23. The third-order valence-electron chi connectivity index (χ3n) is 6.05. The number of aromatic nitrogens is 4. The normalized spacial score (nSPS) is 22.8. The fraction of sp³-hybridized carbons (Fsp3) is 0.450. The number of likely N-dealkylation sites (tertiary alicyclic amines) is 1. The van der Waals surface area contributed by atoms with Crippen molar-refractivity contribution in [3.05, 3.63) is 35.0 Å². The van der Waals surface area contributed by atoms with E-state index in [-0.39, 0.29) is 5.75 Å². The van der Waals surface area contributed by atoms with Crippen LogP contribution in [0.1, 0.15) is 18.4 Å². The summed E-state index contributed by atoms with van der Waals surface area (Å²) in [6, 6.07) is 5.68. The Balaban J connectivity index is 1.51. The van der Waals surface area contributed by atoms with Crippen molar-refractivity contribution < 1.29 is 5.11 Å². The number of anilines is 1. The summed E-state index contributed by atoms with van der Waals surface area (Å²) < 4.78 is 1.71. The van der Waals surface area contributed by atoms with E-state index in [1.807, 2.05) is 25.3 Å². The number of phenols is 1. The van der Waals surface area contributed by atoms with Gasteiger partial charge in [-0.2, -0.15) is 4.98 Å². The van der Waals surface area contributed by atoms with E-state index in [2.05, 4.69) is 26.9 Å². The van der Waals surface area contributed by atoms with Gasteiger partial charge in [0.15, 0.2) is 0 Å². The molecule has 0 unspecified atom stereocenters. The molecule has 0 amide bonds. The van der Waals surface area contributed by atoms with Crippen molar-refractivity contribution >= 4 is 23.3 Å². The minimum Gasteiger partial charge on any atom is -0.507 e. The molecule has 0 saturated carbocycles. The molecule has 1 aromatic carbocycles. The van der Waals surface area contributed by atoms with Crippen LogP contribution in [0.4, 0.5) is 5.95 Å². The molecule has 146 valence electrons. The Morgan fingerprint density at radius 3 is 2.82 bits per heavy atom. The van der Waals surface area contributed by atoms with Gasteiger partial charge in [-0.25, -0.2) is 9.50 Å². The second-order valence-electron chi connectivity index (χ2n) is 7.95. The van der Waals surface area contributed by atoms with Crippen LogP contribution < -0.4 is 4.90 Å². The molecule has 2 aromatic heterocycles. The van der Waals surface area contributed by atoms with Gasteiger partial charge >= 0.3 is 0 Å². The zero-order chi connectivity index (χ0) is 19.4. The number of phenolic OH excluding ortho intramolecular Hbond substituents is 1. The van der Waals surface area contributed by atoms with Gasteiger partial charge in [-0.3, -0.25) is 0 Å². The fourth-order valence-corrected chi connectivity index (χ4v) is 4.90. The highest BCUT2D eigenvalue weighted by molar-refractivity contribution is 6.31. The molecule has 2 fully saturated rings. The van der Waals surface area contributed by atoms with E-state index < -0.39 is 0 Å². The SMILES string of the molecule is Cc1cc(Cl)cc(O)c1-c1ccn2nc(N3CC[C@H]4CCN(C)C[C@H]43)nc2n1. The van der Waals surface area contributed by atoms with Crippen LogP contribution in [0, 0.1) is 12.8 Å². The standard InChI is InChI=1S/C20H23ClN6O/c1-12-9-14(21)10-17(28)18(12)15-5-8-27-19(22-15)23-20(24-27)26-7-4-13-3-6-25(2)11-16(13)26/h5,8-10,13,16,28H,3-4,6-7,11H2,1-2H3/t13-,16-/m1/s1. The quantitative estimate of drug-likeness (QED) is 0.715. The van der Waals surface area contributed by atoms with E-state index in [1.54, 1.807) is 4.52 Å². The molecule has 0 aliphatic carbocycles. The van der Waals surface area contributed by atoms with Crippen LogP contribution in [-0.4, -0.2) is 62.3 Å². The minimum atomic E-state index is 0.120. The zero-order valence-electron chi connectivity index (χ0n) is 16.0. The molecule has 7 nitrogen and oxygen atoms in total. The molecule has 4 heterocycles. The van der Waals surface area contributed by atoms with Crippen molar-refractivity contribution in [2.45, 2.75) is 25.8 Å². The lowest BCUT2D eigenvalue weighted by Gasteiger charge is -2.36. The summed E-state index contributed by atoms with van der Waals surface area (Å²) in [6.45, 7) is 5.12. The number of fused-ring (bicyclic) bond motifs is 2. The fourth-order valence-electron chi connectivity index (χ4n) is 4.63. The molecular weight excluding hydrogens is 376 g/mol. The molecule has 2 aliphatic heterocycles. The number of aromatic hydroxyl groups is 1. The monoisotopic (exact) mass is 398 g/mol. The van der Waals surface area contributed by atoms with Crippen LogP contribution in [0.25, 0.3) is 17.0 Å². The van der Waals surface area contributed by atoms with Crippen molar-refractivity contribution in [1.29, 1.82) is 0 Å². The van der Waals surface area contributed by atoms with Crippen molar-refractivity contribution in [3.63, 3.8) is 0 Å². The van der Waals surface area contributed by atoms with Gasteiger partial charge in [-0.15, -0.1) is 5.10 Å². The number of halogens is 1. The van der Waals surface area contributed by atoms with E-state index in [0.717, 1.165) is 30.5 Å². The number of piperidine rings is 1. The lowest BCUT2D eigenvalue weighted by atomic mass is 9.92. The summed E-state index contributed by atoms with van der Waals surface area (Å²) in [5.41, 5.74) is 2.20.